The normalized spacial score (nSPS) is 12.9. The zero-order valence-electron chi connectivity index (χ0n) is 12.0. The molecule has 0 saturated heterocycles. The van der Waals surface area contributed by atoms with Crippen LogP contribution in [0.25, 0.3) is 6.08 Å². The monoisotopic (exact) mass is 297 g/mol. The van der Waals surface area contributed by atoms with E-state index in [0.717, 1.165) is 12.0 Å². The van der Waals surface area contributed by atoms with Crippen molar-refractivity contribution in [1.82, 2.24) is 4.72 Å². The first kappa shape index (κ1) is 16.9. The molecule has 1 rings (SSSR count). The van der Waals surface area contributed by atoms with Crippen LogP contribution in [0.1, 0.15) is 32.3 Å². The van der Waals surface area contributed by atoms with E-state index in [0.29, 0.717) is 13.0 Å². The van der Waals surface area contributed by atoms with Crippen LogP contribution in [0.3, 0.4) is 0 Å². The molecule has 0 unspecified atom stereocenters. The molecule has 1 aromatic carbocycles. The largest absolute Gasteiger partial charge is 0.396 e. The molecule has 0 saturated carbocycles. The lowest BCUT2D eigenvalue weighted by Gasteiger charge is -2.20. The van der Waals surface area contributed by atoms with E-state index in [4.69, 9.17) is 5.11 Å². The van der Waals surface area contributed by atoms with Crippen LogP contribution in [0.2, 0.25) is 0 Å². The van der Waals surface area contributed by atoms with Gasteiger partial charge < -0.3 is 5.11 Å². The van der Waals surface area contributed by atoms with Crippen molar-refractivity contribution in [3.63, 3.8) is 0 Å². The number of aliphatic hydroxyl groups excluding tert-OH is 1. The molecule has 0 atom stereocenters. The van der Waals surface area contributed by atoms with Gasteiger partial charge in [-0.3, -0.25) is 0 Å². The standard InChI is InChI=1S/C15H23NO3S/c1-15(2,13-17)10-6-11-16-20(18,19)12-9-14-7-4-3-5-8-14/h3-5,7-9,12,16-17H,6,10-11,13H2,1-2H3/b12-9+. The molecule has 112 valence electrons. The average molecular weight is 297 g/mol. The summed E-state index contributed by atoms with van der Waals surface area (Å²) >= 11 is 0. The minimum Gasteiger partial charge on any atom is -0.396 e. The molecular weight excluding hydrogens is 274 g/mol. The van der Waals surface area contributed by atoms with Crippen molar-refractivity contribution in [2.75, 3.05) is 13.2 Å². The molecule has 1 aromatic rings. The van der Waals surface area contributed by atoms with Crippen molar-refractivity contribution in [2.45, 2.75) is 26.7 Å². The van der Waals surface area contributed by atoms with Gasteiger partial charge in [-0.1, -0.05) is 44.2 Å². The predicted molar refractivity (Wildman–Crippen MR) is 82.5 cm³/mol. The zero-order chi connectivity index (χ0) is 15.1. The minimum atomic E-state index is -3.40. The van der Waals surface area contributed by atoms with Crippen molar-refractivity contribution in [1.29, 1.82) is 0 Å². The summed E-state index contributed by atoms with van der Waals surface area (Å²) in [6.45, 7) is 4.40. The third-order valence-electron chi connectivity index (χ3n) is 3.00. The van der Waals surface area contributed by atoms with Gasteiger partial charge in [-0.05, 0) is 29.9 Å². The van der Waals surface area contributed by atoms with E-state index in [1.54, 1.807) is 6.08 Å². The smallest absolute Gasteiger partial charge is 0.233 e. The van der Waals surface area contributed by atoms with Gasteiger partial charge in [-0.25, -0.2) is 13.1 Å². The minimum absolute atomic E-state index is 0.105. The molecule has 0 bridgehead atoms. The Hall–Kier alpha value is -1.17. The van der Waals surface area contributed by atoms with Crippen molar-refractivity contribution in [3.8, 4) is 0 Å². The van der Waals surface area contributed by atoms with Crippen LogP contribution in [0, 0.1) is 5.41 Å². The summed E-state index contributed by atoms with van der Waals surface area (Å²) in [5, 5.41) is 10.3. The second-order valence-corrected chi connectivity index (χ2v) is 7.23. The first-order valence-corrected chi connectivity index (χ1v) is 8.23. The summed E-state index contributed by atoms with van der Waals surface area (Å²) < 4.78 is 26.0. The van der Waals surface area contributed by atoms with E-state index < -0.39 is 10.0 Å². The lowest BCUT2D eigenvalue weighted by atomic mass is 9.89. The Kier molecular flexibility index (Phi) is 6.39. The lowest BCUT2D eigenvalue weighted by Crippen LogP contribution is -2.24. The van der Waals surface area contributed by atoms with Crippen LogP contribution in [-0.4, -0.2) is 26.7 Å². The van der Waals surface area contributed by atoms with Crippen molar-refractivity contribution < 1.29 is 13.5 Å². The molecule has 0 aliphatic carbocycles. The summed E-state index contributed by atoms with van der Waals surface area (Å²) in [4.78, 5) is 0. The number of sulfonamides is 1. The highest BCUT2D eigenvalue weighted by atomic mass is 32.2. The van der Waals surface area contributed by atoms with Gasteiger partial charge in [0.05, 0.1) is 0 Å². The van der Waals surface area contributed by atoms with Gasteiger partial charge in [0.2, 0.25) is 10.0 Å². The quantitative estimate of drug-likeness (QED) is 0.724. The summed E-state index contributed by atoms with van der Waals surface area (Å²) in [7, 11) is -3.40. The summed E-state index contributed by atoms with van der Waals surface area (Å²) in [6.07, 6.45) is 3.04. The molecule has 0 spiro atoms. The first-order chi connectivity index (χ1) is 9.35. The molecule has 0 aliphatic rings. The molecule has 2 N–H and O–H groups in total. The SMILES string of the molecule is CC(C)(CO)CCCNS(=O)(=O)/C=C/c1ccccc1. The van der Waals surface area contributed by atoms with Crippen LogP contribution >= 0.6 is 0 Å². The fraction of sp³-hybridized carbons (Fsp3) is 0.467. The number of aliphatic hydroxyl groups is 1. The van der Waals surface area contributed by atoms with Crippen molar-refractivity contribution in [3.05, 3.63) is 41.3 Å². The van der Waals surface area contributed by atoms with E-state index in [1.165, 1.54) is 5.41 Å². The molecule has 0 amide bonds. The van der Waals surface area contributed by atoms with Gasteiger partial charge in [-0.15, -0.1) is 0 Å². The molecule has 5 heteroatoms. The van der Waals surface area contributed by atoms with Crippen LogP contribution in [0.4, 0.5) is 0 Å². The van der Waals surface area contributed by atoms with Crippen LogP contribution < -0.4 is 4.72 Å². The second kappa shape index (κ2) is 7.57. The Balaban J connectivity index is 2.41. The highest BCUT2D eigenvalue weighted by Crippen LogP contribution is 2.20. The van der Waals surface area contributed by atoms with Gasteiger partial charge in [0.25, 0.3) is 0 Å². The first-order valence-electron chi connectivity index (χ1n) is 6.68. The predicted octanol–water partition coefficient (Wildman–Crippen LogP) is 2.38. The Morgan fingerprint density at radius 3 is 2.50 bits per heavy atom. The number of nitrogens with one attached hydrogen (secondary N) is 1. The molecule has 0 aromatic heterocycles. The van der Waals surface area contributed by atoms with Gasteiger partial charge in [0, 0.05) is 18.6 Å². The number of hydrogen-bond acceptors (Lipinski definition) is 3. The number of hydrogen-bond donors (Lipinski definition) is 2. The topological polar surface area (TPSA) is 66.4 Å². The molecule has 0 fully saturated rings. The van der Waals surface area contributed by atoms with Gasteiger partial charge >= 0.3 is 0 Å². The van der Waals surface area contributed by atoms with Crippen LogP contribution in [0.5, 0.6) is 0 Å². The maximum Gasteiger partial charge on any atom is 0.233 e. The van der Waals surface area contributed by atoms with Crippen LogP contribution in [0.15, 0.2) is 35.7 Å². The number of rotatable bonds is 8. The third kappa shape index (κ3) is 6.84. The van der Waals surface area contributed by atoms with E-state index >= 15 is 0 Å². The Morgan fingerprint density at radius 1 is 1.25 bits per heavy atom. The van der Waals surface area contributed by atoms with Crippen molar-refractivity contribution in [2.24, 2.45) is 5.41 Å². The Morgan fingerprint density at radius 2 is 1.90 bits per heavy atom. The highest BCUT2D eigenvalue weighted by Gasteiger charge is 2.15. The molecule has 20 heavy (non-hydrogen) atoms. The molecular formula is C15H23NO3S. The van der Waals surface area contributed by atoms with E-state index in [-0.39, 0.29) is 12.0 Å². The maximum absolute atomic E-state index is 11.8. The number of benzene rings is 1. The Labute approximate surface area is 121 Å². The average Bonchev–Trinajstić information content (AvgIpc) is 2.43. The fourth-order valence-electron chi connectivity index (χ4n) is 1.64. The fourth-order valence-corrected chi connectivity index (χ4v) is 2.50. The van der Waals surface area contributed by atoms with Gasteiger partial charge in [0.1, 0.15) is 0 Å². The zero-order valence-corrected chi connectivity index (χ0v) is 12.9. The molecule has 0 radical (unpaired) electrons. The van der Waals surface area contributed by atoms with Crippen molar-refractivity contribution >= 4 is 16.1 Å². The van der Waals surface area contributed by atoms with E-state index in [2.05, 4.69) is 4.72 Å². The van der Waals surface area contributed by atoms with Crippen LogP contribution in [-0.2, 0) is 10.0 Å². The summed E-state index contributed by atoms with van der Waals surface area (Å²) in [5.74, 6) is 0. The summed E-state index contributed by atoms with van der Waals surface area (Å²) in [6, 6.07) is 9.28. The molecule has 0 heterocycles. The molecule has 0 aliphatic heterocycles. The lowest BCUT2D eigenvalue weighted by molar-refractivity contribution is 0.148. The van der Waals surface area contributed by atoms with Gasteiger partial charge in [0.15, 0.2) is 0 Å². The molecule has 4 nitrogen and oxygen atoms in total. The third-order valence-corrected chi connectivity index (χ3v) is 4.10. The Bertz CT molecular complexity index is 521. The summed E-state index contributed by atoms with van der Waals surface area (Å²) in [5.41, 5.74) is 0.685. The second-order valence-electron chi connectivity index (χ2n) is 5.58. The van der Waals surface area contributed by atoms with Gasteiger partial charge in [-0.2, -0.15) is 0 Å². The van der Waals surface area contributed by atoms with E-state index in [1.807, 2.05) is 44.2 Å². The highest BCUT2D eigenvalue weighted by molar-refractivity contribution is 7.92. The van der Waals surface area contributed by atoms with E-state index in [9.17, 15) is 8.42 Å². The maximum atomic E-state index is 11.8.